The van der Waals surface area contributed by atoms with Crippen LogP contribution >= 0.6 is 34.8 Å². The SMILES string of the molecule is CNC(=O)[C@@H](C)N(Cc1ccc(Cl)cc1)C(=O)CN(c1cc(Cl)ccc1Cl)S(C)(=O)=O. The first-order valence-electron chi connectivity index (χ1n) is 9.12. The van der Waals surface area contributed by atoms with Crippen molar-refractivity contribution in [1.82, 2.24) is 10.2 Å². The van der Waals surface area contributed by atoms with Gasteiger partial charge in [-0.1, -0.05) is 46.9 Å². The lowest BCUT2D eigenvalue weighted by molar-refractivity contribution is -0.139. The topological polar surface area (TPSA) is 86.8 Å². The number of likely N-dealkylation sites (N-methyl/N-ethyl adjacent to an activating group) is 1. The van der Waals surface area contributed by atoms with Crippen LogP contribution in [-0.2, 0) is 26.2 Å². The van der Waals surface area contributed by atoms with E-state index >= 15 is 0 Å². The van der Waals surface area contributed by atoms with Gasteiger partial charge in [0, 0.05) is 23.6 Å². The Morgan fingerprint density at radius 1 is 1.03 bits per heavy atom. The van der Waals surface area contributed by atoms with Crippen LogP contribution in [0.3, 0.4) is 0 Å². The van der Waals surface area contributed by atoms with E-state index in [0.29, 0.717) is 5.02 Å². The van der Waals surface area contributed by atoms with Crippen LogP contribution in [0.1, 0.15) is 12.5 Å². The number of amides is 2. The maximum Gasteiger partial charge on any atom is 0.244 e. The highest BCUT2D eigenvalue weighted by molar-refractivity contribution is 7.92. The van der Waals surface area contributed by atoms with Crippen molar-refractivity contribution >= 4 is 62.3 Å². The molecule has 1 N–H and O–H groups in total. The van der Waals surface area contributed by atoms with E-state index in [1.807, 2.05) is 0 Å². The normalized spacial score (nSPS) is 12.2. The second kappa shape index (κ2) is 10.5. The fraction of sp³-hybridized carbons (Fsp3) is 0.300. The molecule has 2 aromatic rings. The Balaban J connectivity index is 2.42. The molecule has 31 heavy (non-hydrogen) atoms. The summed E-state index contributed by atoms with van der Waals surface area (Å²) in [6, 6.07) is 10.2. The van der Waals surface area contributed by atoms with E-state index in [-0.39, 0.29) is 22.3 Å². The van der Waals surface area contributed by atoms with Gasteiger partial charge in [0.15, 0.2) is 0 Å². The molecular weight excluding hydrogens is 485 g/mol. The Morgan fingerprint density at radius 3 is 2.16 bits per heavy atom. The number of anilines is 1. The lowest BCUT2D eigenvalue weighted by atomic mass is 10.1. The molecule has 7 nitrogen and oxygen atoms in total. The number of hydrogen-bond acceptors (Lipinski definition) is 4. The summed E-state index contributed by atoms with van der Waals surface area (Å²) in [5.74, 6) is -0.985. The minimum absolute atomic E-state index is 0.0732. The first kappa shape index (κ1) is 25.3. The van der Waals surface area contributed by atoms with E-state index in [9.17, 15) is 18.0 Å². The number of hydrogen-bond donors (Lipinski definition) is 1. The lowest BCUT2D eigenvalue weighted by Crippen LogP contribution is -2.50. The Bertz CT molecular complexity index is 1060. The Labute approximate surface area is 196 Å². The largest absolute Gasteiger partial charge is 0.357 e. The van der Waals surface area contributed by atoms with Crippen LogP contribution in [0, 0.1) is 0 Å². The number of nitrogens with one attached hydrogen (secondary N) is 1. The van der Waals surface area contributed by atoms with Gasteiger partial charge in [-0.15, -0.1) is 0 Å². The first-order chi connectivity index (χ1) is 14.4. The Morgan fingerprint density at radius 2 is 1.61 bits per heavy atom. The van der Waals surface area contributed by atoms with Crippen molar-refractivity contribution in [2.45, 2.75) is 19.5 Å². The van der Waals surface area contributed by atoms with E-state index in [4.69, 9.17) is 34.8 Å². The Kier molecular flexibility index (Phi) is 8.59. The number of nitrogens with zero attached hydrogens (tertiary/aromatic N) is 2. The third kappa shape index (κ3) is 6.74. The van der Waals surface area contributed by atoms with Crippen LogP contribution < -0.4 is 9.62 Å². The molecule has 0 heterocycles. The molecule has 0 aliphatic heterocycles. The smallest absolute Gasteiger partial charge is 0.244 e. The molecule has 0 aliphatic carbocycles. The van der Waals surface area contributed by atoms with Crippen molar-refractivity contribution in [3.63, 3.8) is 0 Å². The fourth-order valence-corrected chi connectivity index (χ4v) is 4.27. The van der Waals surface area contributed by atoms with Crippen LogP contribution in [0.5, 0.6) is 0 Å². The highest BCUT2D eigenvalue weighted by atomic mass is 35.5. The molecule has 1 atom stereocenters. The average Bonchev–Trinajstić information content (AvgIpc) is 2.71. The predicted octanol–water partition coefficient (Wildman–Crippen LogP) is 3.58. The zero-order valence-corrected chi connectivity index (χ0v) is 20.2. The summed E-state index contributed by atoms with van der Waals surface area (Å²) in [5, 5.41) is 3.41. The summed E-state index contributed by atoms with van der Waals surface area (Å²) in [7, 11) is -2.43. The van der Waals surface area contributed by atoms with Crippen LogP contribution in [0.15, 0.2) is 42.5 Å². The monoisotopic (exact) mass is 505 g/mol. The molecule has 2 aromatic carbocycles. The van der Waals surface area contributed by atoms with Crippen molar-refractivity contribution in [2.24, 2.45) is 0 Å². The minimum Gasteiger partial charge on any atom is -0.357 e. The van der Waals surface area contributed by atoms with E-state index in [2.05, 4.69) is 5.32 Å². The molecule has 11 heteroatoms. The second-order valence-corrected chi connectivity index (χ2v) is 9.99. The second-order valence-electron chi connectivity index (χ2n) is 6.80. The molecule has 0 aromatic heterocycles. The number of carbonyl (C=O) groups is 2. The molecule has 0 fully saturated rings. The maximum absolute atomic E-state index is 13.2. The van der Waals surface area contributed by atoms with Crippen molar-refractivity contribution < 1.29 is 18.0 Å². The van der Waals surface area contributed by atoms with Gasteiger partial charge >= 0.3 is 0 Å². The number of carbonyl (C=O) groups excluding carboxylic acids is 2. The van der Waals surface area contributed by atoms with Crippen LogP contribution in [0.25, 0.3) is 0 Å². The summed E-state index contributed by atoms with van der Waals surface area (Å²) in [4.78, 5) is 26.8. The summed E-state index contributed by atoms with van der Waals surface area (Å²) >= 11 is 18.1. The molecule has 0 spiro atoms. The van der Waals surface area contributed by atoms with Crippen LogP contribution in [0.2, 0.25) is 15.1 Å². The van der Waals surface area contributed by atoms with Gasteiger partial charge in [0.05, 0.1) is 17.0 Å². The first-order valence-corrected chi connectivity index (χ1v) is 12.1. The zero-order valence-electron chi connectivity index (χ0n) is 17.1. The van der Waals surface area contributed by atoms with E-state index in [1.54, 1.807) is 31.2 Å². The molecule has 0 unspecified atom stereocenters. The molecule has 0 saturated heterocycles. The standard InChI is InChI=1S/C20H22Cl3N3O4S/c1-13(20(28)24-2)25(11-14-4-6-15(21)7-5-14)19(27)12-26(31(3,29)30)18-10-16(22)8-9-17(18)23/h4-10,13H,11-12H2,1-3H3,(H,24,28)/t13-/m1/s1. The van der Waals surface area contributed by atoms with Crippen molar-refractivity contribution in [1.29, 1.82) is 0 Å². The summed E-state index contributed by atoms with van der Waals surface area (Å²) in [6.45, 7) is 1.07. The van der Waals surface area contributed by atoms with Gasteiger partial charge in [0.2, 0.25) is 21.8 Å². The zero-order chi connectivity index (χ0) is 23.3. The van der Waals surface area contributed by atoms with E-state index in [1.165, 1.54) is 30.1 Å². The number of rotatable bonds is 8. The van der Waals surface area contributed by atoms with Gasteiger partial charge in [-0.05, 0) is 42.8 Å². The van der Waals surface area contributed by atoms with Gasteiger partial charge in [-0.2, -0.15) is 0 Å². The minimum atomic E-state index is -3.89. The molecule has 2 amide bonds. The van der Waals surface area contributed by atoms with Gasteiger partial charge < -0.3 is 10.2 Å². The number of halogens is 3. The molecule has 2 rings (SSSR count). The number of sulfonamides is 1. The van der Waals surface area contributed by atoms with Gasteiger partial charge in [0.25, 0.3) is 0 Å². The van der Waals surface area contributed by atoms with Crippen molar-refractivity contribution in [3.8, 4) is 0 Å². The van der Waals surface area contributed by atoms with Crippen LogP contribution in [0.4, 0.5) is 5.69 Å². The maximum atomic E-state index is 13.2. The lowest BCUT2D eigenvalue weighted by Gasteiger charge is -2.31. The molecular formula is C20H22Cl3N3O4S. The molecule has 0 bridgehead atoms. The Hall–Kier alpha value is -2.00. The van der Waals surface area contributed by atoms with E-state index < -0.39 is 34.4 Å². The van der Waals surface area contributed by atoms with Gasteiger partial charge in [-0.3, -0.25) is 13.9 Å². The summed E-state index contributed by atoms with van der Waals surface area (Å²) in [5.41, 5.74) is 0.796. The van der Waals surface area contributed by atoms with Gasteiger partial charge in [-0.25, -0.2) is 8.42 Å². The fourth-order valence-electron chi connectivity index (χ4n) is 2.85. The molecule has 0 saturated carbocycles. The average molecular weight is 507 g/mol. The van der Waals surface area contributed by atoms with Gasteiger partial charge in [0.1, 0.15) is 12.6 Å². The molecule has 0 aliphatic rings. The summed E-state index contributed by atoms with van der Waals surface area (Å²) in [6.07, 6.45) is 0.962. The van der Waals surface area contributed by atoms with Crippen LogP contribution in [-0.4, -0.2) is 51.0 Å². The highest BCUT2D eigenvalue weighted by Gasteiger charge is 2.30. The number of benzene rings is 2. The highest BCUT2D eigenvalue weighted by Crippen LogP contribution is 2.31. The van der Waals surface area contributed by atoms with Crippen molar-refractivity contribution in [2.75, 3.05) is 24.2 Å². The predicted molar refractivity (Wildman–Crippen MR) is 124 cm³/mol. The molecule has 168 valence electrons. The van der Waals surface area contributed by atoms with Crippen molar-refractivity contribution in [3.05, 3.63) is 63.1 Å². The third-order valence-corrected chi connectivity index (χ3v) is 6.47. The molecule has 0 radical (unpaired) electrons. The summed E-state index contributed by atoms with van der Waals surface area (Å²) < 4.78 is 25.8. The van der Waals surface area contributed by atoms with E-state index in [0.717, 1.165) is 16.1 Å². The quantitative estimate of drug-likeness (QED) is 0.593. The third-order valence-electron chi connectivity index (χ3n) is 4.54.